The van der Waals surface area contributed by atoms with Crippen molar-refractivity contribution in [1.82, 2.24) is 30.2 Å². The predicted molar refractivity (Wildman–Crippen MR) is 141 cm³/mol. The maximum absolute atomic E-state index is 5.34. The Morgan fingerprint density at radius 2 is 1.97 bits per heavy atom. The molecule has 0 spiro atoms. The number of halogens is 1. The lowest BCUT2D eigenvalue weighted by Gasteiger charge is -2.36. The molecule has 1 saturated heterocycles. The SMILES string of the molecule is CCNC(=NCCc1noc(-c2ccccn2)n1)N1CCN(Cc2cccc(C)c2)CC1.I. The van der Waals surface area contributed by atoms with Crippen molar-refractivity contribution < 1.29 is 4.52 Å². The molecule has 0 bridgehead atoms. The Morgan fingerprint density at radius 3 is 2.70 bits per heavy atom. The molecule has 3 heterocycles. The molecule has 0 unspecified atom stereocenters. The van der Waals surface area contributed by atoms with Crippen molar-refractivity contribution in [1.29, 1.82) is 0 Å². The van der Waals surface area contributed by atoms with Crippen LogP contribution in [0.25, 0.3) is 11.6 Å². The summed E-state index contributed by atoms with van der Waals surface area (Å²) in [6.07, 6.45) is 2.34. The van der Waals surface area contributed by atoms with Crippen molar-refractivity contribution in [3.05, 3.63) is 65.6 Å². The third-order valence-electron chi connectivity index (χ3n) is 5.44. The number of piperazine rings is 1. The Hall–Kier alpha value is -2.53. The highest BCUT2D eigenvalue weighted by Gasteiger charge is 2.19. The average molecular weight is 561 g/mol. The molecule has 4 rings (SSSR count). The molecule has 9 heteroatoms. The van der Waals surface area contributed by atoms with Gasteiger partial charge in [0.2, 0.25) is 0 Å². The zero-order chi connectivity index (χ0) is 22.2. The lowest BCUT2D eigenvalue weighted by atomic mass is 10.1. The van der Waals surface area contributed by atoms with Crippen LogP contribution in [0.1, 0.15) is 23.9 Å². The number of nitrogens with zero attached hydrogens (tertiary/aromatic N) is 6. The normalized spacial score (nSPS) is 14.7. The fourth-order valence-corrected chi connectivity index (χ4v) is 3.82. The first-order chi connectivity index (χ1) is 15.7. The summed E-state index contributed by atoms with van der Waals surface area (Å²) in [7, 11) is 0. The number of aryl methyl sites for hydroxylation is 1. The van der Waals surface area contributed by atoms with Crippen LogP contribution in [0, 0.1) is 6.92 Å². The van der Waals surface area contributed by atoms with Crippen LogP contribution in [0.2, 0.25) is 0 Å². The van der Waals surface area contributed by atoms with Crippen LogP contribution in [0.3, 0.4) is 0 Å². The maximum atomic E-state index is 5.34. The maximum Gasteiger partial charge on any atom is 0.276 e. The molecule has 0 saturated carbocycles. The number of guanidine groups is 1. The first-order valence-electron chi connectivity index (χ1n) is 11.3. The smallest absolute Gasteiger partial charge is 0.276 e. The Balaban J connectivity index is 0.00000306. The molecule has 3 aromatic rings. The van der Waals surface area contributed by atoms with Gasteiger partial charge in [0.25, 0.3) is 5.89 Å². The fourth-order valence-electron chi connectivity index (χ4n) is 3.82. The molecule has 0 amide bonds. The highest BCUT2D eigenvalue weighted by molar-refractivity contribution is 14.0. The van der Waals surface area contributed by atoms with Crippen LogP contribution in [-0.4, -0.2) is 70.2 Å². The van der Waals surface area contributed by atoms with Gasteiger partial charge in [-0.25, -0.2) is 0 Å². The van der Waals surface area contributed by atoms with Gasteiger partial charge >= 0.3 is 0 Å². The first-order valence-corrected chi connectivity index (χ1v) is 11.3. The van der Waals surface area contributed by atoms with Gasteiger partial charge in [-0.05, 0) is 31.5 Å². The van der Waals surface area contributed by atoms with Gasteiger partial charge in [0.1, 0.15) is 5.69 Å². The van der Waals surface area contributed by atoms with Crippen LogP contribution in [0.15, 0.2) is 58.2 Å². The molecule has 1 aliphatic heterocycles. The largest absolute Gasteiger partial charge is 0.357 e. The van der Waals surface area contributed by atoms with Gasteiger partial charge in [0.05, 0.1) is 0 Å². The summed E-state index contributed by atoms with van der Waals surface area (Å²) >= 11 is 0. The number of hydrogen-bond donors (Lipinski definition) is 1. The number of aromatic nitrogens is 3. The summed E-state index contributed by atoms with van der Waals surface area (Å²) in [6, 6.07) is 14.4. The van der Waals surface area contributed by atoms with E-state index in [9.17, 15) is 0 Å². The summed E-state index contributed by atoms with van der Waals surface area (Å²) in [5.41, 5.74) is 3.38. The second-order valence-corrected chi connectivity index (χ2v) is 7.97. The van der Waals surface area contributed by atoms with E-state index < -0.39 is 0 Å². The Bertz CT molecular complexity index is 1020. The van der Waals surface area contributed by atoms with E-state index in [1.165, 1.54) is 11.1 Å². The van der Waals surface area contributed by atoms with Gasteiger partial charge in [-0.15, -0.1) is 24.0 Å². The van der Waals surface area contributed by atoms with Crippen molar-refractivity contribution >= 4 is 29.9 Å². The third kappa shape index (κ3) is 7.23. The fraction of sp³-hybridized carbons (Fsp3) is 0.417. The van der Waals surface area contributed by atoms with Gasteiger partial charge in [0.15, 0.2) is 11.8 Å². The van der Waals surface area contributed by atoms with Crippen molar-refractivity contribution in [2.24, 2.45) is 4.99 Å². The van der Waals surface area contributed by atoms with Crippen molar-refractivity contribution in [2.45, 2.75) is 26.8 Å². The van der Waals surface area contributed by atoms with E-state index in [1.807, 2.05) is 18.2 Å². The zero-order valence-electron chi connectivity index (χ0n) is 19.3. The minimum atomic E-state index is 0. The standard InChI is InChI=1S/C24H31N7O.HI/c1-3-25-24(27-12-10-22-28-23(32-29-22)21-9-4-5-11-26-21)31-15-13-30(14-16-31)18-20-8-6-7-19(2)17-20;/h4-9,11,17H,3,10,12-16,18H2,1-2H3,(H,25,27);1H. The molecule has 176 valence electrons. The van der Waals surface area contributed by atoms with Crippen LogP contribution in [0.4, 0.5) is 0 Å². The molecule has 1 aliphatic rings. The average Bonchev–Trinajstić information content (AvgIpc) is 3.29. The number of aliphatic imine (C=N–C) groups is 1. The van der Waals surface area contributed by atoms with E-state index in [0.717, 1.165) is 45.2 Å². The second-order valence-electron chi connectivity index (χ2n) is 7.97. The van der Waals surface area contributed by atoms with Gasteiger partial charge in [-0.3, -0.25) is 14.9 Å². The second kappa shape index (κ2) is 12.6. The van der Waals surface area contributed by atoms with Crippen LogP contribution in [-0.2, 0) is 13.0 Å². The molecular weight excluding hydrogens is 529 g/mol. The summed E-state index contributed by atoms with van der Waals surface area (Å²) in [5, 5.41) is 7.49. The van der Waals surface area contributed by atoms with E-state index in [0.29, 0.717) is 30.4 Å². The summed E-state index contributed by atoms with van der Waals surface area (Å²) in [6.45, 7) is 10.7. The summed E-state index contributed by atoms with van der Waals surface area (Å²) in [5.74, 6) is 2.05. The van der Waals surface area contributed by atoms with E-state index in [1.54, 1.807) is 6.20 Å². The van der Waals surface area contributed by atoms with E-state index in [2.05, 4.69) is 68.4 Å². The number of benzene rings is 1. The monoisotopic (exact) mass is 561 g/mol. The number of pyridine rings is 1. The number of nitrogens with one attached hydrogen (secondary N) is 1. The molecule has 0 atom stereocenters. The minimum absolute atomic E-state index is 0. The van der Waals surface area contributed by atoms with Crippen molar-refractivity contribution in [3.63, 3.8) is 0 Å². The lowest BCUT2D eigenvalue weighted by molar-refractivity contribution is 0.172. The molecule has 0 aliphatic carbocycles. The topological polar surface area (TPSA) is 82.7 Å². The minimum Gasteiger partial charge on any atom is -0.357 e. The Labute approximate surface area is 212 Å². The molecule has 1 aromatic carbocycles. The number of hydrogen-bond acceptors (Lipinski definition) is 6. The lowest BCUT2D eigenvalue weighted by Crippen LogP contribution is -2.52. The highest BCUT2D eigenvalue weighted by Crippen LogP contribution is 2.14. The van der Waals surface area contributed by atoms with Gasteiger partial charge in [-0.1, -0.05) is 41.1 Å². The van der Waals surface area contributed by atoms with Crippen molar-refractivity contribution in [2.75, 3.05) is 39.3 Å². The van der Waals surface area contributed by atoms with Crippen molar-refractivity contribution in [3.8, 4) is 11.6 Å². The molecule has 2 aromatic heterocycles. The van der Waals surface area contributed by atoms with Gasteiger partial charge in [-0.2, -0.15) is 4.98 Å². The van der Waals surface area contributed by atoms with Gasteiger partial charge < -0.3 is 14.7 Å². The molecule has 33 heavy (non-hydrogen) atoms. The highest BCUT2D eigenvalue weighted by atomic mass is 127. The molecule has 0 radical (unpaired) electrons. The van der Waals surface area contributed by atoms with E-state index >= 15 is 0 Å². The zero-order valence-corrected chi connectivity index (χ0v) is 21.6. The van der Waals surface area contributed by atoms with Crippen LogP contribution >= 0.6 is 24.0 Å². The molecule has 1 fully saturated rings. The van der Waals surface area contributed by atoms with E-state index in [4.69, 9.17) is 9.52 Å². The molecular formula is C24H32IN7O. The van der Waals surface area contributed by atoms with Crippen LogP contribution in [0.5, 0.6) is 0 Å². The predicted octanol–water partition coefficient (Wildman–Crippen LogP) is 3.38. The summed E-state index contributed by atoms with van der Waals surface area (Å²) < 4.78 is 5.34. The quantitative estimate of drug-likeness (QED) is 0.269. The Kier molecular flexibility index (Phi) is 9.61. The van der Waals surface area contributed by atoms with Crippen LogP contribution < -0.4 is 5.32 Å². The van der Waals surface area contributed by atoms with Gasteiger partial charge in [0, 0.05) is 58.4 Å². The number of rotatable bonds is 7. The third-order valence-corrected chi connectivity index (χ3v) is 5.44. The molecule has 1 N–H and O–H groups in total. The van der Waals surface area contributed by atoms with E-state index in [-0.39, 0.29) is 24.0 Å². The molecule has 8 nitrogen and oxygen atoms in total. The Morgan fingerprint density at radius 1 is 1.12 bits per heavy atom. The first kappa shape index (κ1) is 25.1. The summed E-state index contributed by atoms with van der Waals surface area (Å²) in [4.78, 5) is 18.3.